The monoisotopic (exact) mass is 433 g/mol. The van der Waals surface area contributed by atoms with Crippen molar-refractivity contribution in [3.05, 3.63) is 60.2 Å². The van der Waals surface area contributed by atoms with Crippen LogP contribution in [-0.2, 0) is 14.8 Å². The number of benzene rings is 1. The van der Waals surface area contributed by atoms with E-state index in [-0.39, 0.29) is 29.8 Å². The van der Waals surface area contributed by atoms with E-state index in [9.17, 15) is 17.6 Å². The van der Waals surface area contributed by atoms with Crippen molar-refractivity contribution in [1.82, 2.24) is 14.2 Å². The Kier molecular flexibility index (Phi) is 7.55. The average Bonchev–Trinajstić information content (AvgIpc) is 3.00. The molecule has 0 radical (unpaired) electrons. The molecule has 1 saturated heterocycles. The van der Waals surface area contributed by atoms with E-state index in [1.165, 1.54) is 23.5 Å². The molecule has 1 aliphatic rings. The third kappa shape index (κ3) is 5.43. The lowest BCUT2D eigenvalue weighted by atomic mass is 10.0. The molecule has 2 heterocycles. The van der Waals surface area contributed by atoms with Gasteiger partial charge in [-0.05, 0) is 61.2 Å². The van der Waals surface area contributed by atoms with Crippen molar-refractivity contribution < 1.29 is 17.6 Å². The lowest BCUT2D eigenvalue weighted by Crippen LogP contribution is -2.35. The molecule has 1 fully saturated rings. The van der Waals surface area contributed by atoms with Gasteiger partial charge >= 0.3 is 0 Å². The highest BCUT2D eigenvalue weighted by atomic mass is 32.2. The average molecular weight is 434 g/mol. The van der Waals surface area contributed by atoms with E-state index in [1.807, 2.05) is 17.0 Å². The molecule has 1 unspecified atom stereocenters. The molecule has 1 aromatic heterocycles. The predicted octanol–water partition coefficient (Wildman–Crippen LogP) is 3.77. The summed E-state index contributed by atoms with van der Waals surface area (Å²) in [6.07, 6.45) is 8.29. The van der Waals surface area contributed by atoms with Gasteiger partial charge in [0.2, 0.25) is 15.9 Å². The number of rotatable bonds is 7. The molecule has 1 atom stereocenters. The van der Waals surface area contributed by atoms with Gasteiger partial charge in [0, 0.05) is 39.0 Å². The van der Waals surface area contributed by atoms with Crippen LogP contribution in [0.1, 0.15) is 50.1 Å². The number of amides is 1. The minimum atomic E-state index is -3.70. The van der Waals surface area contributed by atoms with E-state index >= 15 is 0 Å². The Morgan fingerprint density at radius 2 is 1.83 bits per heavy atom. The maximum absolute atomic E-state index is 13.1. The number of pyridine rings is 1. The Labute approximate surface area is 177 Å². The normalized spacial score (nSPS) is 17.7. The van der Waals surface area contributed by atoms with Crippen molar-refractivity contribution in [2.24, 2.45) is 0 Å². The molecule has 8 heteroatoms. The van der Waals surface area contributed by atoms with Crippen LogP contribution in [0, 0.1) is 5.82 Å². The summed E-state index contributed by atoms with van der Waals surface area (Å²) < 4.78 is 39.5. The van der Waals surface area contributed by atoms with Crippen LogP contribution in [0.3, 0.4) is 0 Å². The number of carbonyl (C=O) groups excluding carboxylic acids is 1. The van der Waals surface area contributed by atoms with Gasteiger partial charge in [-0.1, -0.05) is 12.8 Å². The molecule has 1 aliphatic heterocycles. The van der Waals surface area contributed by atoms with Crippen molar-refractivity contribution in [1.29, 1.82) is 0 Å². The van der Waals surface area contributed by atoms with Gasteiger partial charge < -0.3 is 4.90 Å². The molecule has 0 saturated carbocycles. The van der Waals surface area contributed by atoms with Gasteiger partial charge in [0.25, 0.3) is 0 Å². The molecule has 162 valence electrons. The highest BCUT2D eigenvalue weighted by molar-refractivity contribution is 7.89. The summed E-state index contributed by atoms with van der Waals surface area (Å²) in [5.41, 5.74) is 1.09. The van der Waals surface area contributed by atoms with E-state index in [0.717, 1.165) is 49.9 Å². The van der Waals surface area contributed by atoms with Gasteiger partial charge in [0.15, 0.2) is 0 Å². The number of aromatic nitrogens is 1. The molecule has 3 rings (SSSR count). The van der Waals surface area contributed by atoms with Crippen molar-refractivity contribution >= 4 is 15.9 Å². The van der Waals surface area contributed by atoms with Crippen molar-refractivity contribution in [3.8, 4) is 0 Å². The molecule has 6 nitrogen and oxygen atoms in total. The highest BCUT2D eigenvalue weighted by Gasteiger charge is 2.27. The second kappa shape index (κ2) is 10.1. The van der Waals surface area contributed by atoms with Gasteiger partial charge in [-0.15, -0.1) is 0 Å². The molecular weight excluding hydrogens is 405 g/mol. The molecule has 2 aromatic rings. The van der Waals surface area contributed by atoms with Gasteiger partial charge in [-0.25, -0.2) is 17.1 Å². The Morgan fingerprint density at radius 3 is 2.53 bits per heavy atom. The Morgan fingerprint density at radius 1 is 1.13 bits per heavy atom. The first-order valence-corrected chi connectivity index (χ1v) is 11.7. The zero-order valence-corrected chi connectivity index (χ0v) is 18.0. The van der Waals surface area contributed by atoms with Crippen LogP contribution >= 0.6 is 0 Å². The number of sulfonamides is 1. The smallest absolute Gasteiger partial charge is 0.242 e. The van der Waals surface area contributed by atoms with Crippen LogP contribution in [0.25, 0.3) is 0 Å². The predicted molar refractivity (Wildman–Crippen MR) is 113 cm³/mol. The first kappa shape index (κ1) is 22.4. The van der Waals surface area contributed by atoms with Gasteiger partial charge in [-0.3, -0.25) is 9.78 Å². The molecule has 0 spiro atoms. The standard InChI is InChI=1S/C22H28FN3O3S/c1-25(30(28,29)20-10-8-19(23)9-11-20)16-5-7-22(27)26-17-4-2-3-6-21(26)18-12-14-24-15-13-18/h8-15,21H,2-7,16-17H2,1H3. The number of likely N-dealkylation sites (tertiary alicyclic amines) is 1. The quantitative estimate of drug-likeness (QED) is 0.667. The van der Waals surface area contributed by atoms with E-state index < -0.39 is 15.8 Å². The van der Waals surface area contributed by atoms with Crippen LogP contribution in [0.5, 0.6) is 0 Å². The van der Waals surface area contributed by atoms with Crippen LogP contribution in [-0.4, -0.2) is 48.7 Å². The Hall–Kier alpha value is -2.32. The number of hydrogen-bond acceptors (Lipinski definition) is 4. The fourth-order valence-electron chi connectivity index (χ4n) is 3.84. The largest absolute Gasteiger partial charge is 0.336 e. The second-order valence-corrected chi connectivity index (χ2v) is 9.66. The molecular formula is C22H28FN3O3S. The first-order chi connectivity index (χ1) is 14.4. The third-order valence-corrected chi connectivity index (χ3v) is 7.42. The number of carbonyl (C=O) groups is 1. The molecule has 1 amide bonds. The molecule has 30 heavy (non-hydrogen) atoms. The van der Waals surface area contributed by atoms with Gasteiger partial charge in [0.05, 0.1) is 10.9 Å². The summed E-state index contributed by atoms with van der Waals surface area (Å²) in [5, 5.41) is 0. The van der Waals surface area contributed by atoms with E-state index in [2.05, 4.69) is 4.98 Å². The van der Waals surface area contributed by atoms with Crippen LogP contribution in [0.15, 0.2) is 53.7 Å². The maximum Gasteiger partial charge on any atom is 0.242 e. The first-order valence-electron chi connectivity index (χ1n) is 10.3. The number of halogens is 1. The maximum atomic E-state index is 13.1. The van der Waals surface area contributed by atoms with Gasteiger partial charge in [0.1, 0.15) is 5.82 Å². The summed E-state index contributed by atoms with van der Waals surface area (Å²) in [6.45, 7) is 0.939. The molecule has 0 N–H and O–H groups in total. The summed E-state index contributed by atoms with van der Waals surface area (Å²) in [4.78, 5) is 19.0. The van der Waals surface area contributed by atoms with E-state index in [1.54, 1.807) is 12.4 Å². The van der Waals surface area contributed by atoms with Gasteiger partial charge in [-0.2, -0.15) is 0 Å². The summed E-state index contributed by atoms with van der Waals surface area (Å²) in [6, 6.07) is 8.72. The minimum absolute atomic E-state index is 0.0444. The highest BCUT2D eigenvalue weighted by Crippen LogP contribution is 2.30. The van der Waals surface area contributed by atoms with Crippen LogP contribution < -0.4 is 0 Å². The SMILES string of the molecule is CN(CCCC(=O)N1CCCCCC1c1ccncc1)S(=O)(=O)c1ccc(F)cc1. The van der Waals surface area contributed by atoms with Crippen LogP contribution in [0.4, 0.5) is 4.39 Å². The topological polar surface area (TPSA) is 70.6 Å². The molecule has 1 aromatic carbocycles. The summed E-state index contributed by atoms with van der Waals surface area (Å²) in [5.74, 6) is -0.435. The number of nitrogens with zero attached hydrogens (tertiary/aromatic N) is 3. The lowest BCUT2D eigenvalue weighted by Gasteiger charge is -2.30. The van der Waals surface area contributed by atoms with Crippen molar-refractivity contribution in [3.63, 3.8) is 0 Å². The summed E-state index contributed by atoms with van der Waals surface area (Å²) in [7, 11) is -2.22. The Balaban J connectivity index is 1.60. The lowest BCUT2D eigenvalue weighted by molar-refractivity contribution is -0.133. The van der Waals surface area contributed by atoms with Crippen molar-refractivity contribution in [2.45, 2.75) is 49.5 Å². The summed E-state index contributed by atoms with van der Waals surface area (Å²) >= 11 is 0. The Bertz CT molecular complexity index is 936. The minimum Gasteiger partial charge on any atom is -0.336 e. The van der Waals surface area contributed by atoms with Crippen molar-refractivity contribution in [2.75, 3.05) is 20.1 Å². The fourth-order valence-corrected chi connectivity index (χ4v) is 5.05. The second-order valence-electron chi connectivity index (χ2n) is 7.62. The van der Waals surface area contributed by atoms with E-state index in [0.29, 0.717) is 6.42 Å². The third-order valence-electron chi connectivity index (χ3n) is 5.55. The fraction of sp³-hybridized carbons (Fsp3) is 0.455. The zero-order valence-electron chi connectivity index (χ0n) is 17.2. The number of hydrogen-bond donors (Lipinski definition) is 0. The molecule has 0 aliphatic carbocycles. The van der Waals surface area contributed by atoms with E-state index in [4.69, 9.17) is 0 Å². The zero-order chi connectivity index (χ0) is 21.6. The molecule has 0 bridgehead atoms. The van der Waals surface area contributed by atoms with Crippen LogP contribution in [0.2, 0.25) is 0 Å².